The van der Waals surface area contributed by atoms with Crippen LogP contribution in [-0.2, 0) is 14.4 Å². The number of anilines is 2. The molecule has 0 bridgehead atoms. The molecular weight excluding hydrogens is 418 g/mol. The molecule has 2 aromatic carbocycles. The number of rotatable bonds is 7. The topological polar surface area (TPSA) is 72.0 Å². The zero-order valence-corrected chi connectivity index (χ0v) is 18.3. The molecule has 3 atom stereocenters. The van der Waals surface area contributed by atoms with Crippen LogP contribution in [-0.4, -0.2) is 29.5 Å². The summed E-state index contributed by atoms with van der Waals surface area (Å²) in [5.41, 5.74) is 2.17. The van der Waals surface area contributed by atoms with Crippen molar-refractivity contribution in [2.75, 3.05) is 16.6 Å². The average molecular weight is 444 g/mol. The van der Waals surface area contributed by atoms with Crippen molar-refractivity contribution in [3.63, 3.8) is 0 Å². The fourth-order valence-electron chi connectivity index (χ4n) is 4.39. The maximum Gasteiger partial charge on any atom is 0.266 e. The van der Waals surface area contributed by atoms with Gasteiger partial charge in [-0.05, 0) is 60.5 Å². The molecule has 33 heavy (non-hydrogen) atoms. The molecule has 0 radical (unpaired) electrons. The quantitative estimate of drug-likeness (QED) is 0.400. The summed E-state index contributed by atoms with van der Waals surface area (Å²) in [6, 6.07) is 19.8. The molecule has 0 unspecified atom stereocenters. The predicted octanol–water partition coefficient (Wildman–Crippen LogP) is 4.31. The molecule has 2 amide bonds. The van der Waals surface area contributed by atoms with Crippen molar-refractivity contribution in [1.82, 2.24) is 4.98 Å². The molecule has 3 aromatic rings. The number of nitrogens with zero attached hydrogens (tertiary/aromatic N) is 3. The molecule has 0 aliphatic carbocycles. The van der Waals surface area contributed by atoms with Crippen molar-refractivity contribution in [1.29, 1.82) is 0 Å². The van der Waals surface area contributed by atoms with Crippen molar-refractivity contribution < 1.29 is 19.2 Å². The Morgan fingerprint density at radius 1 is 0.909 bits per heavy atom. The Morgan fingerprint density at radius 3 is 2.33 bits per heavy atom. The summed E-state index contributed by atoms with van der Waals surface area (Å²) in [6.07, 6.45) is 4.50. The van der Waals surface area contributed by atoms with Crippen molar-refractivity contribution in [2.45, 2.75) is 31.9 Å². The Bertz CT molecular complexity index is 1120. The number of hydroxylamine groups is 1. The molecule has 1 aromatic heterocycles. The molecule has 2 aliphatic rings. The van der Waals surface area contributed by atoms with Crippen LogP contribution in [0, 0.1) is 5.92 Å². The van der Waals surface area contributed by atoms with Gasteiger partial charge in [-0.25, -0.2) is 9.96 Å². The second-order valence-electron chi connectivity index (χ2n) is 8.15. The Morgan fingerprint density at radius 2 is 1.64 bits per heavy atom. The van der Waals surface area contributed by atoms with Gasteiger partial charge in [0.25, 0.3) is 5.91 Å². The van der Waals surface area contributed by atoms with Crippen LogP contribution in [0.4, 0.5) is 11.4 Å². The van der Waals surface area contributed by atoms with Gasteiger partial charge in [-0.2, -0.15) is 0 Å². The monoisotopic (exact) mass is 443 g/mol. The Hall–Kier alpha value is -3.71. The molecule has 7 nitrogen and oxygen atoms in total. The van der Waals surface area contributed by atoms with Crippen LogP contribution in [0.25, 0.3) is 0 Å². The third-order valence-electron chi connectivity index (χ3n) is 6.04. The van der Waals surface area contributed by atoms with E-state index in [0.717, 1.165) is 24.1 Å². The Balaban J connectivity index is 1.45. The largest absolute Gasteiger partial charge is 0.494 e. The molecule has 2 fully saturated rings. The number of benzene rings is 2. The number of hydrogen-bond acceptors (Lipinski definition) is 6. The van der Waals surface area contributed by atoms with Gasteiger partial charge >= 0.3 is 0 Å². The number of ether oxygens (including phenoxy) is 1. The molecule has 168 valence electrons. The molecule has 5 rings (SSSR count). The summed E-state index contributed by atoms with van der Waals surface area (Å²) in [5.74, 6) is -0.583. The van der Waals surface area contributed by atoms with E-state index in [9.17, 15) is 9.59 Å². The van der Waals surface area contributed by atoms with Crippen LogP contribution in [0.15, 0.2) is 79.1 Å². The predicted molar refractivity (Wildman–Crippen MR) is 124 cm³/mol. The van der Waals surface area contributed by atoms with Crippen molar-refractivity contribution >= 4 is 23.2 Å². The lowest BCUT2D eigenvalue weighted by atomic mass is 9.91. The number of carbonyl (C=O) groups excluding carboxylic acids is 2. The Kier molecular flexibility index (Phi) is 5.79. The van der Waals surface area contributed by atoms with Gasteiger partial charge in [0.15, 0.2) is 6.10 Å². The molecule has 2 aliphatic heterocycles. The fourth-order valence-corrected chi connectivity index (χ4v) is 4.39. The van der Waals surface area contributed by atoms with Gasteiger partial charge in [0.1, 0.15) is 11.7 Å². The zero-order valence-electron chi connectivity index (χ0n) is 18.3. The number of hydrogen-bond donors (Lipinski definition) is 0. The molecule has 0 N–H and O–H groups in total. The highest BCUT2D eigenvalue weighted by atomic mass is 16.7. The third kappa shape index (κ3) is 3.85. The van der Waals surface area contributed by atoms with Gasteiger partial charge in [0.2, 0.25) is 5.91 Å². The first-order valence-corrected chi connectivity index (χ1v) is 11.2. The van der Waals surface area contributed by atoms with E-state index in [1.54, 1.807) is 41.7 Å². The number of pyridine rings is 1. The van der Waals surface area contributed by atoms with Gasteiger partial charge in [0, 0.05) is 12.4 Å². The number of aromatic nitrogens is 1. The summed E-state index contributed by atoms with van der Waals surface area (Å²) in [7, 11) is 0. The van der Waals surface area contributed by atoms with Crippen LogP contribution in [0.5, 0.6) is 5.75 Å². The minimum Gasteiger partial charge on any atom is -0.494 e. The first-order valence-electron chi connectivity index (χ1n) is 11.2. The first kappa shape index (κ1) is 21.2. The Labute approximate surface area is 192 Å². The van der Waals surface area contributed by atoms with E-state index >= 15 is 0 Å². The smallest absolute Gasteiger partial charge is 0.266 e. The van der Waals surface area contributed by atoms with Gasteiger partial charge < -0.3 is 4.74 Å². The molecule has 7 heteroatoms. The molecule has 2 saturated heterocycles. The van der Waals surface area contributed by atoms with Crippen molar-refractivity contribution in [3.8, 4) is 5.75 Å². The van der Waals surface area contributed by atoms with Gasteiger partial charge in [-0.15, -0.1) is 0 Å². The van der Waals surface area contributed by atoms with Gasteiger partial charge in [-0.3, -0.25) is 19.4 Å². The van der Waals surface area contributed by atoms with E-state index in [1.807, 2.05) is 42.5 Å². The lowest BCUT2D eigenvalue weighted by Crippen LogP contribution is -2.37. The van der Waals surface area contributed by atoms with E-state index in [1.165, 1.54) is 4.90 Å². The highest BCUT2D eigenvalue weighted by Crippen LogP contribution is 2.47. The van der Waals surface area contributed by atoms with Crippen LogP contribution < -0.4 is 14.7 Å². The number of fused-ring (bicyclic) bond motifs is 1. The number of carbonyl (C=O) groups is 2. The minimum absolute atomic E-state index is 0.273. The van der Waals surface area contributed by atoms with Crippen molar-refractivity contribution in [3.05, 3.63) is 84.7 Å². The van der Waals surface area contributed by atoms with E-state index in [4.69, 9.17) is 9.57 Å². The minimum atomic E-state index is -0.892. The third-order valence-corrected chi connectivity index (χ3v) is 6.04. The van der Waals surface area contributed by atoms with Crippen LogP contribution in [0.3, 0.4) is 0 Å². The number of para-hydroxylation sites is 1. The van der Waals surface area contributed by atoms with Gasteiger partial charge in [-0.1, -0.05) is 31.5 Å². The normalized spacial score (nSPS) is 22.0. The van der Waals surface area contributed by atoms with E-state index in [-0.39, 0.29) is 11.8 Å². The zero-order chi connectivity index (χ0) is 22.8. The van der Waals surface area contributed by atoms with E-state index in [2.05, 4.69) is 11.9 Å². The number of imide groups is 1. The maximum atomic E-state index is 13.6. The second kappa shape index (κ2) is 9.03. The lowest BCUT2D eigenvalue weighted by Gasteiger charge is -2.28. The first-order chi connectivity index (χ1) is 16.2. The molecule has 0 spiro atoms. The van der Waals surface area contributed by atoms with E-state index in [0.29, 0.717) is 18.0 Å². The SMILES string of the molecule is CCCCOc1ccc(N2C(=O)[C@@H]3[C@H](ON(c4ccccc4)[C@@H]3c3ccncc3)C2=O)cc1. The summed E-state index contributed by atoms with van der Waals surface area (Å²) >= 11 is 0. The van der Waals surface area contributed by atoms with Crippen LogP contribution in [0.2, 0.25) is 0 Å². The molecule has 0 saturated carbocycles. The standard InChI is InChI=1S/C26H25N3O4/c1-2-3-17-32-21-11-9-19(10-12-21)28-25(30)22-23(18-13-15-27-16-14-18)29(33-24(22)26(28)31)20-7-5-4-6-8-20/h4-16,22-24H,2-3,17H2,1H3/t22-,23+,24-/m0/s1. The summed E-state index contributed by atoms with van der Waals surface area (Å²) < 4.78 is 5.70. The van der Waals surface area contributed by atoms with Crippen LogP contribution in [0.1, 0.15) is 31.4 Å². The summed E-state index contributed by atoms with van der Waals surface area (Å²) in [5, 5.41) is 1.68. The highest BCUT2D eigenvalue weighted by molar-refractivity contribution is 6.23. The fraction of sp³-hybridized carbons (Fsp3) is 0.269. The average Bonchev–Trinajstić information content (AvgIpc) is 3.37. The number of unbranched alkanes of at least 4 members (excludes halogenated alkanes) is 1. The molecule has 3 heterocycles. The lowest BCUT2D eigenvalue weighted by molar-refractivity contribution is -0.126. The molecular formula is C26H25N3O4. The number of amides is 2. The van der Waals surface area contributed by atoms with Crippen LogP contribution >= 0.6 is 0 Å². The maximum absolute atomic E-state index is 13.6. The summed E-state index contributed by atoms with van der Waals surface area (Å²) in [4.78, 5) is 38.4. The summed E-state index contributed by atoms with van der Waals surface area (Å²) in [6.45, 7) is 2.74. The highest BCUT2D eigenvalue weighted by Gasteiger charge is 2.60. The second-order valence-corrected chi connectivity index (χ2v) is 8.15. The van der Waals surface area contributed by atoms with E-state index < -0.39 is 18.1 Å². The van der Waals surface area contributed by atoms with Crippen molar-refractivity contribution in [2.24, 2.45) is 5.92 Å². The van der Waals surface area contributed by atoms with Gasteiger partial charge in [0.05, 0.1) is 24.0 Å².